The average molecular weight is 505 g/mol. The van der Waals surface area contributed by atoms with Crippen molar-refractivity contribution in [2.75, 3.05) is 19.8 Å². The summed E-state index contributed by atoms with van der Waals surface area (Å²) in [6, 6.07) is 24.7. The Balaban J connectivity index is 1.52. The summed E-state index contributed by atoms with van der Waals surface area (Å²) in [5, 5.41) is 12.5. The van der Waals surface area contributed by atoms with Crippen LogP contribution in [0.2, 0.25) is 5.02 Å². The van der Waals surface area contributed by atoms with Gasteiger partial charge < -0.3 is 19.9 Å². The van der Waals surface area contributed by atoms with Crippen LogP contribution in [0, 0.1) is 0 Å². The Morgan fingerprint density at radius 1 is 1.11 bits per heavy atom. The molecule has 3 aromatic rings. The van der Waals surface area contributed by atoms with Crippen LogP contribution >= 0.6 is 11.6 Å². The summed E-state index contributed by atoms with van der Waals surface area (Å²) in [7, 11) is 0. The summed E-state index contributed by atoms with van der Waals surface area (Å²) < 4.78 is 11.5. The number of hydrogen-bond donors (Lipinski definition) is 2. The van der Waals surface area contributed by atoms with E-state index in [2.05, 4.69) is 5.32 Å². The second-order valence-corrected chi connectivity index (χ2v) is 8.95. The molecule has 0 saturated carbocycles. The largest absolute Gasteiger partial charge is 0.494 e. The van der Waals surface area contributed by atoms with Gasteiger partial charge in [-0.1, -0.05) is 66.2 Å². The fourth-order valence-electron chi connectivity index (χ4n) is 3.80. The van der Waals surface area contributed by atoms with Crippen molar-refractivity contribution >= 4 is 29.5 Å². The predicted octanol–water partition coefficient (Wildman–Crippen LogP) is 5.04. The van der Waals surface area contributed by atoms with Gasteiger partial charge in [0, 0.05) is 36.6 Å². The van der Waals surface area contributed by atoms with Gasteiger partial charge in [0.1, 0.15) is 12.4 Å². The molecule has 1 aliphatic rings. The number of aliphatic hydroxyl groups excluding tert-OH is 1. The first kappa shape index (κ1) is 25.5. The first-order valence-corrected chi connectivity index (χ1v) is 12.3. The van der Waals surface area contributed by atoms with Crippen LogP contribution in [0.4, 0.5) is 0 Å². The Labute approximate surface area is 216 Å². The SMILES string of the molecule is O=C(NCc1cccc(Cl)c1)[C@@]1(C/C=C/c2ccccc2)COC(c2ccc(OCCCO)cc2)=N1. The van der Waals surface area contributed by atoms with Crippen LogP contribution in [-0.4, -0.2) is 42.3 Å². The van der Waals surface area contributed by atoms with E-state index in [-0.39, 0.29) is 19.1 Å². The molecule has 0 bridgehead atoms. The maximum atomic E-state index is 13.4. The molecule has 7 heteroatoms. The third-order valence-corrected chi connectivity index (χ3v) is 6.00. The molecule has 0 fully saturated rings. The number of halogens is 1. The van der Waals surface area contributed by atoms with Crippen molar-refractivity contribution < 1.29 is 19.4 Å². The molecule has 0 saturated heterocycles. The molecule has 6 nitrogen and oxygen atoms in total. The number of aliphatic imine (C=N–C) groups is 1. The van der Waals surface area contributed by atoms with Crippen molar-refractivity contribution in [1.29, 1.82) is 0 Å². The zero-order chi connectivity index (χ0) is 25.2. The zero-order valence-corrected chi connectivity index (χ0v) is 20.7. The van der Waals surface area contributed by atoms with Crippen LogP contribution in [0.25, 0.3) is 6.08 Å². The molecule has 0 aromatic heterocycles. The molecule has 1 atom stereocenters. The van der Waals surface area contributed by atoms with Gasteiger partial charge in [0.15, 0.2) is 5.54 Å². The van der Waals surface area contributed by atoms with E-state index in [0.717, 1.165) is 16.7 Å². The fraction of sp³-hybridized carbons (Fsp3) is 0.241. The highest BCUT2D eigenvalue weighted by atomic mass is 35.5. The van der Waals surface area contributed by atoms with E-state index in [0.29, 0.717) is 42.7 Å². The van der Waals surface area contributed by atoms with Crippen molar-refractivity contribution in [1.82, 2.24) is 5.32 Å². The van der Waals surface area contributed by atoms with E-state index < -0.39 is 5.54 Å². The quantitative estimate of drug-likeness (QED) is 0.359. The maximum absolute atomic E-state index is 13.4. The number of amides is 1. The van der Waals surface area contributed by atoms with E-state index >= 15 is 0 Å². The van der Waals surface area contributed by atoms with Gasteiger partial charge in [0.25, 0.3) is 5.91 Å². The van der Waals surface area contributed by atoms with E-state index in [1.165, 1.54) is 0 Å². The van der Waals surface area contributed by atoms with Gasteiger partial charge in [0.05, 0.1) is 6.61 Å². The van der Waals surface area contributed by atoms with Crippen molar-refractivity contribution in [2.45, 2.75) is 24.9 Å². The lowest BCUT2D eigenvalue weighted by Crippen LogP contribution is -2.46. The third-order valence-electron chi connectivity index (χ3n) is 5.77. The van der Waals surface area contributed by atoms with Gasteiger partial charge in [-0.15, -0.1) is 0 Å². The van der Waals surface area contributed by atoms with Crippen LogP contribution in [0.1, 0.15) is 29.5 Å². The molecule has 0 spiro atoms. The normalized spacial score (nSPS) is 17.0. The van der Waals surface area contributed by atoms with Gasteiger partial charge in [-0.3, -0.25) is 4.79 Å². The number of nitrogens with zero attached hydrogens (tertiary/aromatic N) is 1. The maximum Gasteiger partial charge on any atom is 0.252 e. The van der Waals surface area contributed by atoms with Crippen molar-refractivity contribution in [3.8, 4) is 5.75 Å². The topological polar surface area (TPSA) is 80.2 Å². The lowest BCUT2D eigenvalue weighted by atomic mass is 9.95. The smallest absolute Gasteiger partial charge is 0.252 e. The van der Waals surface area contributed by atoms with Crippen LogP contribution in [0.5, 0.6) is 5.75 Å². The number of benzene rings is 3. The number of ether oxygens (including phenoxy) is 2. The Hall–Kier alpha value is -3.61. The third kappa shape index (κ3) is 6.74. The van der Waals surface area contributed by atoms with E-state index in [4.69, 9.17) is 31.2 Å². The lowest BCUT2D eigenvalue weighted by molar-refractivity contribution is -0.126. The zero-order valence-electron chi connectivity index (χ0n) is 19.9. The summed E-state index contributed by atoms with van der Waals surface area (Å²) in [6.07, 6.45) is 4.90. The summed E-state index contributed by atoms with van der Waals surface area (Å²) in [4.78, 5) is 18.2. The highest BCUT2D eigenvalue weighted by Crippen LogP contribution is 2.28. The number of nitrogens with one attached hydrogen (secondary N) is 1. The van der Waals surface area contributed by atoms with Crippen LogP contribution in [0.3, 0.4) is 0 Å². The molecule has 4 rings (SSSR count). The number of carbonyl (C=O) groups is 1. The molecule has 1 aliphatic heterocycles. The lowest BCUT2D eigenvalue weighted by Gasteiger charge is -2.21. The Kier molecular flexibility index (Phi) is 8.76. The monoisotopic (exact) mass is 504 g/mol. The molecular weight excluding hydrogens is 476 g/mol. The first-order valence-electron chi connectivity index (χ1n) is 11.9. The predicted molar refractivity (Wildman–Crippen MR) is 142 cm³/mol. The molecule has 0 unspecified atom stereocenters. The molecule has 186 valence electrons. The van der Waals surface area contributed by atoms with Crippen LogP contribution in [-0.2, 0) is 16.1 Å². The minimum absolute atomic E-state index is 0.0862. The molecule has 1 heterocycles. The molecule has 3 aromatic carbocycles. The highest BCUT2D eigenvalue weighted by Gasteiger charge is 2.43. The Morgan fingerprint density at radius 3 is 2.67 bits per heavy atom. The first-order chi connectivity index (χ1) is 17.6. The van der Waals surface area contributed by atoms with Crippen molar-refractivity contribution in [3.63, 3.8) is 0 Å². The second kappa shape index (κ2) is 12.4. The van der Waals surface area contributed by atoms with Crippen molar-refractivity contribution in [2.24, 2.45) is 4.99 Å². The number of rotatable bonds is 11. The van der Waals surface area contributed by atoms with Gasteiger partial charge in [0.2, 0.25) is 5.90 Å². The molecule has 0 aliphatic carbocycles. The fourth-order valence-corrected chi connectivity index (χ4v) is 4.02. The summed E-state index contributed by atoms with van der Waals surface area (Å²) >= 11 is 6.09. The Morgan fingerprint density at radius 2 is 1.92 bits per heavy atom. The Bertz CT molecular complexity index is 1210. The number of aliphatic hydroxyl groups is 1. The van der Waals surface area contributed by atoms with E-state index in [1.807, 2.05) is 84.9 Å². The summed E-state index contributed by atoms with van der Waals surface area (Å²) in [5.41, 5.74) is 1.63. The van der Waals surface area contributed by atoms with Gasteiger partial charge in [-0.05, 0) is 47.5 Å². The van der Waals surface area contributed by atoms with Crippen LogP contribution in [0.15, 0.2) is 89.9 Å². The molecule has 2 N–H and O–H groups in total. The second-order valence-electron chi connectivity index (χ2n) is 8.52. The van der Waals surface area contributed by atoms with Gasteiger partial charge in [-0.2, -0.15) is 0 Å². The summed E-state index contributed by atoms with van der Waals surface area (Å²) in [5.74, 6) is 0.907. The van der Waals surface area contributed by atoms with Gasteiger partial charge in [-0.25, -0.2) is 4.99 Å². The van der Waals surface area contributed by atoms with Crippen molar-refractivity contribution in [3.05, 3.63) is 107 Å². The standard InChI is InChI=1S/C29H29ClN2O4/c30-25-11-4-9-23(19-25)20-31-28(34)29(16-5-10-22-7-2-1-3-8-22)21-36-27(32-29)24-12-14-26(15-13-24)35-18-6-17-33/h1-5,7-15,19,33H,6,16-18,20-21H2,(H,31,34)/b10-5+/t29-/m1/s1. The molecule has 1 amide bonds. The van der Waals surface area contributed by atoms with E-state index in [9.17, 15) is 4.79 Å². The average Bonchev–Trinajstić information content (AvgIpc) is 3.34. The van der Waals surface area contributed by atoms with E-state index in [1.54, 1.807) is 6.07 Å². The molecule has 36 heavy (non-hydrogen) atoms. The minimum Gasteiger partial charge on any atom is -0.494 e. The van der Waals surface area contributed by atoms with Gasteiger partial charge >= 0.3 is 0 Å². The molecule has 0 radical (unpaired) electrons. The minimum atomic E-state index is -1.09. The highest BCUT2D eigenvalue weighted by molar-refractivity contribution is 6.30. The summed E-state index contributed by atoms with van der Waals surface area (Å²) in [6.45, 7) is 1.01. The number of carbonyl (C=O) groups excluding carboxylic acids is 1. The molecular formula is C29H29ClN2O4. The van der Waals surface area contributed by atoms with Crippen LogP contribution < -0.4 is 10.1 Å². The number of hydrogen-bond acceptors (Lipinski definition) is 5.